The molecule has 97 heavy (non-hydrogen) atoms. The zero-order chi connectivity index (χ0) is 69.2. The average Bonchev–Trinajstić information content (AvgIpc) is 2.34. The second-order valence-electron chi connectivity index (χ2n) is 23.5. The van der Waals surface area contributed by atoms with Crippen molar-refractivity contribution in [1.82, 2.24) is 59.6 Å². The first-order valence-electron chi connectivity index (χ1n) is 31.5. The Balaban J connectivity index is 0.000000149. The summed E-state index contributed by atoms with van der Waals surface area (Å²) >= 11 is 0. The third-order valence-electron chi connectivity index (χ3n) is 14.9. The van der Waals surface area contributed by atoms with Crippen molar-refractivity contribution in [3.63, 3.8) is 0 Å². The first-order valence-corrected chi connectivity index (χ1v) is 31.5. The summed E-state index contributed by atoms with van der Waals surface area (Å²) in [5, 5.41) is 10.8. The van der Waals surface area contributed by atoms with Gasteiger partial charge < -0.3 is 29.0 Å². The molecule has 20 heteroatoms. The minimum atomic E-state index is -0.585. The van der Waals surface area contributed by atoms with Gasteiger partial charge in [-0.15, -0.1) is 10.2 Å². The molecule has 0 spiro atoms. The topological polar surface area (TPSA) is 232 Å². The fourth-order valence-corrected chi connectivity index (χ4v) is 9.72. The number of methoxy groups -OCH3 is 1. The molecule has 1 amide bonds. The highest BCUT2D eigenvalue weighted by Gasteiger charge is 2.15. The number of anilines is 4. The molecule has 7 heterocycles. The number of nitrogens with zero attached hydrogens (tertiary/aromatic N) is 14. The quantitative estimate of drug-likeness (QED) is 0.130. The van der Waals surface area contributed by atoms with Crippen LogP contribution < -0.4 is 31.4 Å². The maximum absolute atomic E-state index is 11.1. The first kappa shape index (κ1) is 70.9. The Morgan fingerprint density at radius 1 is 0.443 bits per heavy atom. The highest BCUT2D eigenvalue weighted by atomic mass is 16.5. The van der Waals surface area contributed by atoms with E-state index >= 15 is 0 Å². The van der Waals surface area contributed by atoms with Gasteiger partial charge in [0.05, 0.1) is 30.9 Å². The molecule has 1 aliphatic heterocycles. The van der Waals surface area contributed by atoms with Crippen LogP contribution in [0.25, 0.3) is 67.0 Å². The Kier molecular flexibility index (Phi) is 25.9. The van der Waals surface area contributed by atoms with Gasteiger partial charge in [-0.1, -0.05) is 167 Å². The van der Waals surface area contributed by atoms with E-state index in [9.17, 15) is 14.4 Å². The standard InChI is InChI=1S/C15H17N3.C13H13N3O2.2C13H15N3.C12H12N2O.C11H10N2O/c1-12-5-4-6-13(9-12)14-10-16-15(17-11-14)18-7-2-3-8-18;1-9-4-3-5-10(6-9)11-7-14-12(15-8-11)16-13(17)18-2;1-10-5-4-6-11(7-10)12-8-15-13(9-14-12)16(2)3;1-10-5-4-6-11(9-10)12-7-8-13(15-14-12)16(2)3;1-9-4-3-5-10(6-9)11-7-13-12(15)14(2)8-11;1-8-3-2-4-9(5-8)10-6-12-11(14)13-7-10/h4-6,9-11H,2-3,7-8H2,1H3;3-8H,1-2H3,(H,14,15,16,17);2*4-9H,1-3H3;3-8H,1-2H3;2-7H,1H3,(H,12,13,14). The second-order valence-corrected chi connectivity index (χ2v) is 23.5. The van der Waals surface area contributed by atoms with Crippen LogP contribution in [-0.4, -0.2) is 114 Å². The summed E-state index contributed by atoms with van der Waals surface area (Å²) in [6.07, 6.45) is 19.3. The molecule has 0 unspecified atom stereocenters. The van der Waals surface area contributed by atoms with Gasteiger partial charge in [0.15, 0.2) is 5.82 Å². The van der Waals surface area contributed by atoms with Gasteiger partial charge >= 0.3 is 17.5 Å². The van der Waals surface area contributed by atoms with E-state index in [0.29, 0.717) is 0 Å². The number of amides is 1. The number of H-pyrrole nitrogens is 1. The number of hydrogen-bond donors (Lipinski definition) is 2. The Morgan fingerprint density at radius 3 is 1.29 bits per heavy atom. The number of ether oxygens (including phenoxy) is 1. The molecule has 494 valence electrons. The van der Waals surface area contributed by atoms with E-state index in [1.165, 1.54) is 63.5 Å². The lowest BCUT2D eigenvalue weighted by Crippen LogP contribution is -2.20. The van der Waals surface area contributed by atoms with Crippen molar-refractivity contribution >= 4 is 29.6 Å². The van der Waals surface area contributed by atoms with Crippen molar-refractivity contribution in [1.29, 1.82) is 0 Å². The van der Waals surface area contributed by atoms with Crippen LogP contribution in [0.5, 0.6) is 0 Å². The van der Waals surface area contributed by atoms with Crippen molar-refractivity contribution in [2.75, 3.05) is 68.4 Å². The predicted octanol–water partition coefficient (Wildman–Crippen LogP) is 14.2. The molecule has 20 nitrogen and oxygen atoms in total. The Morgan fingerprint density at radius 2 is 0.876 bits per heavy atom. The molecule has 6 aromatic carbocycles. The van der Waals surface area contributed by atoms with Gasteiger partial charge in [0, 0.05) is 131 Å². The summed E-state index contributed by atoms with van der Waals surface area (Å²) < 4.78 is 5.94. The van der Waals surface area contributed by atoms with E-state index in [-0.39, 0.29) is 17.3 Å². The van der Waals surface area contributed by atoms with Gasteiger partial charge in [-0.05, 0) is 101 Å². The Bertz CT molecular complexity index is 4480. The molecular weight excluding hydrogens is 1210 g/mol. The number of benzene rings is 6. The largest absolute Gasteiger partial charge is 0.453 e. The second kappa shape index (κ2) is 35.4. The van der Waals surface area contributed by atoms with Crippen LogP contribution in [0.4, 0.5) is 28.3 Å². The normalized spacial score (nSPS) is 11.0. The minimum absolute atomic E-state index is 0.221. The van der Waals surface area contributed by atoms with Gasteiger partial charge in [-0.2, -0.15) is 0 Å². The lowest BCUT2D eigenvalue weighted by Gasteiger charge is -2.14. The average molecular weight is 1300 g/mol. The number of hydrogen-bond acceptors (Lipinski definition) is 17. The fourth-order valence-electron chi connectivity index (χ4n) is 9.72. The highest BCUT2D eigenvalue weighted by molar-refractivity contribution is 5.82. The van der Waals surface area contributed by atoms with Crippen molar-refractivity contribution < 1.29 is 9.53 Å². The SMILES string of the molecule is COC(=O)Nc1ncc(-c2cccc(C)c2)cn1.Cc1cccc(-c2ccc(N(C)C)nn2)c1.Cc1cccc(-c2cnc(=O)[nH]c2)c1.Cc1cccc(-c2cnc(=O)n(C)c2)c1.Cc1cccc(-c2cnc(N(C)C)cn2)c1.Cc1cccc(-c2cnc(N3CCCC3)nc2)c1. The van der Waals surface area contributed by atoms with Crippen molar-refractivity contribution in [2.45, 2.75) is 54.4 Å². The summed E-state index contributed by atoms with van der Waals surface area (Å²) in [5.41, 5.74) is 19.0. The fraction of sp³-hybridized carbons (Fsp3) is 0.208. The molecule has 0 bridgehead atoms. The Labute approximate surface area is 567 Å². The number of aromatic nitrogens is 12. The third-order valence-corrected chi connectivity index (χ3v) is 14.9. The van der Waals surface area contributed by atoms with Crippen molar-refractivity contribution in [3.05, 3.63) is 274 Å². The van der Waals surface area contributed by atoms with E-state index in [1.54, 1.807) is 50.4 Å². The maximum Gasteiger partial charge on any atom is 0.413 e. The summed E-state index contributed by atoms with van der Waals surface area (Å²) in [5.74, 6) is 2.83. The molecule has 13 rings (SSSR count). The van der Waals surface area contributed by atoms with Gasteiger partial charge in [0.2, 0.25) is 11.9 Å². The van der Waals surface area contributed by atoms with E-state index in [2.05, 4.69) is 151 Å². The lowest BCUT2D eigenvalue weighted by atomic mass is 10.1. The van der Waals surface area contributed by atoms with E-state index in [0.717, 1.165) is 92.1 Å². The van der Waals surface area contributed by atoms with Crippen LogP contribution in [-0.2, 0) is 11.8 Å². The molecule has 1 fully saturated rings. The van der Waals surface area contributed by atoms with Gasteiger partial charge in [0.25, 0.3) is 0 Å². The Hall–Kier alpha value is -11.9. The highest BCUT2D eigenvalue weighted by Crippen LogP contribution is 2.25. The minimum Gasteiger partial charge on any atom is -0.453 e. The third kappa shape index (κ3) is 22.1. The smallest absolute Gasteiger partial charge is 0.413 e. The van der Waals surface area contributed by atoms with E-state index in [1.807, 2.05) is 174 Å². The van der Waals surface area contributed by atoms with Gasteiger partial charge in [0.1, 0.15) is 5.82 Å². The summed E-state index contributed by atoms with van der Waals surface area (Å²) in [7, 11) is 10.8. The monoisotopic (exact) mass is 1290 g/mol. The molecule has 2 N–H and O–H groups in total. The summed E-state index contributed by atoms with van der Waals surface area (Å²) in [6.45, 7) is 14.5. The molecule has 6 aromatic heterocycles. The number of aromatic amines is 1. The van der Waals surface area contributed by atoms with E-state index in [4.69, 9.17) is 0 Å². The van der Waals surface area contributed by atoms with Crippen molar-refractivity contribution in [3.8, 4) is 67.0 Å². The van der Waals surface area contributed by atoms with Crippen LogP contribution in [0.2, 0.25) is 0 Å². The van der Waals surface area contributed by atoms with Crippen LogP contribution in [0.3, 0.4) is 0 Å². The summed E-state index contributed by atoms with van der Waals surface area (Å²) in [4.78, 5) is 74.8. The molecule has 0 radical (unpaired) electrons. The molecular formula is C77H82N16O4. The molecule has 0 saturated carbocycles. The number of aryl methyl sites for hydroxylation is 7. The molecule has 0 atom stereocenters. The first-order chi connectivity index (χ1) is 46.8. The van der Waals surface area contributed by atoms with Crippen LogP contribution in [0.1, 0.15) is 46.2 Å². The van der Waals surface area contributed by atoms with Crippen LogP contribution >= 0.6 is 0 Å². The van der Waals surface area contributed by atoms with Gasteiger partial charge in [-0.3, -0.25) is 10.3 Å². The lowest BCUT2D eigenvalue weighted by molar-refractivity contribution is 0.186. The van der Waals surface area contributed by atoms with Crippen molar-refractivity contribution in [2.24, 2.45) is 7.05 Å². The zero-order valence-electron chi connectivity index (χ0n) is 57.0. The molecule has 12 aromatic rings. The number of nitrogens with one attached hydrogen (secondary N) is 2. The zero-order valence-corrected chi connectivity index (χ0v) is 57.0. The molecule has 1 aliphatic rings. The summed E-state index contributed by atoms with van der Waals surface area (Å²) in [6, 6.07) is 53.1. The van der Waals surface area contributed by atoms with E-state index < -0.39 is 6.09 Å². The molecule has 1 saturated heterocycles. The number of rotatable bonds is 10. The number of carbonyl (C=O) groups is 1. The van der Waals surface area contributed by atoms with Crippen LogP contribution in [0.15, 0.2) is 229 Å². The molecule has 0 aliphatic carbocycles. The van der Waals surface area contributed by atoms with Crippen LogP contribution in [0, 0.1) is 41.5 Å². The van der Waals surface area contributed by atoms with Gasteiger partial charge in [-0.25, -0.2) is 49.3 Å². The predicted molar refractivity (Wildman–Crippen MR) is 390 cm³/mol. The maximum atomic E-state index is 11.1. The number of carbonyl (C=O) groups excluding carboxylic acids is 1.